The average molecular weight is 240 g/mol. The van der Waals surface area contributed by atoms with Crippen molar-refractivity contribution in [3.05, 3.63) is 11.6 Å². The first-order valence-electron chi connectivity index (χ1n) is 5.23. The lowest BCUT2D eigenvalue weighted by molar-refractivity contribution is 0.658. The fourth-order valence-electron chi connectivity index (χ4n) is 1.53. The molecule has 2 rings (SSSR count). The van der Waals surface area contributed by atoms with Crippen LogP contribution in [0.4, 0.5) is 5.82 Å². The van der Waals surface area contributed by atoms with E-state index < -0.39 is 0 Å². The summed E-state index contributed by atoms with van der Waals surface area (Å²) in [6.07, 6.45) is 2.64. The number of nitrogens with zero attached hydrogens (tertiary/aromatic N) is 4. The van der Waals surface area contributed by atoms with Crippen molar-refractivity contribution in [1.82, 2.24) is 19.9 Å². The molecule has 0 saturated heterocycles. The number of hydrogen-bond donors (Lipinski definition) is 1. The maximum atomic E-state index is 5.87. The highest BCUT2D eigenvalue weighted by Crippen LogP contribution is 2.23. The van der Waals surface area contributed by atoms with Crippen molar-refractivity contribution in [2.75, 3.05) is 11.9 Å². The van der Waals surface area contributed by atoms with Crippen molar-refractivity contribution < 1.29 is 0 Å². The van der Waals surface area contributed by atoms with E-state index >= 15 is 0 Å². The van der Waals surface area contributed by atoms with Gasteiger partial charge < -0.3 is 9.88 Å². The van der Waals surface area contributed by atoms with Gasteiger partial charge in [-0.25, -0.2) is 4.98 Å². The number of rotatable bonds is 3. The zero-order chi connectivity index (χ0) is 11.7. The lowest BCUT2D eigenvalue weighted by Gasteiger charge is -2.24. The van der Waals surface area contributed by atoms with Crippen LogP contribution in [0, 0.1) is 0 Å². The highest BCUT2D eigenvalue weighted by atomic mass is 35.5. The number of aromatic nitrogens is 4. The lowest BCUT2D eigenvalue weighted by atomic mass is 10.2. The molecule has 2 aromatic rings. The van der Waals surface area contributed by atoms with Crippen molar-refractivity contribution in [2.24, 2.45) is 0 Å². The third-order valence-electron chi connectivity index (χ3n) is 2.83. The zero-order valence-corrected chi connectivity index (χ0v) is 10.3. The van der Waals surface area contributed by atoms with Crippen molar-refractivity contribution >= 4 is 28.6 Å². The van der Waals surface area contributed by atoms with E-state index in [0.29, 0.717) is 11.7 Å². The molecule has 16 heavy (non-hydrogen) atoms. The standard InChI is InChI=1S/C10H14ClN5/c1-4-6(2)16(3)9-7-8(13-5-12-7)14-10(11)15-9/h5-6H,4H2,1-3H3,(H,12,13,14,15). The third kappa shape index (κ3) is 1.82. The summed E-state index contributed by atoms with van der Waals surface area (Å²) in [5.74, 6) is 0.793. The molecule has 0 fully saturated rings. The van der Waals surface area contributed by atoms with Gasteiger partial charge in [-0.05, 0) is 24.9 Å². The van der Waals surface area contributed by atoms with E-state index in [2.05, 4.69) is 38.7 Å². The van der Waals surface area contributed by atoms with E-state index in [4.69, 9.17) is 11.6 Å². The number of fused-ring (bicyclic) bond motifs is 1. The molecular weight excluding hydrogens is 226 g/mol. The Morgan fingerprint density at radius 2 is 2.25 bits per heavy atom. The minimum Gasteiger partial charge on any atom is -0.355 e. The number of nitrogens with one attached hydrogen (secondary N) is 1. The van der Waals surface area contributed by atoms with E-state index in [1.165, 1.54) is 0 Å². The lowest BCUT2D eigenvalue weighted by Crippen LogP contribution is -2.29. The normalized spacial score (nSPS) is 13.0. The molecule has 2 aromatic heterocycles. The molecule has 1 unspecified atom stereocenters. The summed E-state index contributed by atoms with van der Waals surface area (Å²) in [6, 6.07) is 0.387. The number of anilines is 1. The monoisotopic (exact) mass is 239 g/mol. The van der Waals surface area contributed by atoms with E-state index in [1.54, 1.807) is 6.33 Å². The van der Waals surface area contributed by atoms with Gasteiger partial charge in [0, 0.05) is 13.1 Å². The smallest absolute Gasteiger partial charge is 0.226 e. The Balaban J connectivity index is 2.53. The molecule has 2 heterocycles. The highest BCUT2D eigenvalue weighted by Gasteiger charge is 2.16. The van der Waals surface area contributed by atoms with Gasteiger partial charge in [-0.15, -0.1) is 0 Å². The highest BCUT2D eigenvalue weighted by molar-refractivity contribution is 6.28. The predicted molar refractivity (Wildman–Crippen MR) is 64.8 cm³/mol. The zero-order valence-electron chi connectivity index (χ0n) is 9.53. The van der Waals surface area contributed by atoms with Gasteiger partial charge in [-0.1, -0.05) is 6.92 Å². The summed E-state index contributed by atoms with van der Waals surface area (Å²) in [5, 5.41) is 0.227. The second kappa shape index (κ2) is 4.25. The van der Waals surface area contributed by atoms with Gasteiger partial charge in [-0.3, -0.25) is 0 Å². The molecule has 0 amide bonds. The van der Waals surface area contributed by atoms with Crippen LogP contribution in [0.3, 0.4) is 0 Å². The summed E-state index contributed by atoms with van der Waals surface area (Å²) in [5.41, 5.74) is 1.43. The van der Waals surface area contributed by atoms with E-state index in [1.807, 2.05) is 7.05 Å². The Hall–Kier alpha value is -1.36. The largest absolute Gasteiger partial charge is 0.355 e. The minimum atomic E-state index is 0.227. The number of hydrogen-bond acceptors (Lipinski definition) is 4. The fraction of sp³-hybridized carbons (Fsp3) is 0.500. The first kappa shape index (κ1) is 11.1. The number of aromatic amines is 1. The number of imidazole rings is 1. The summed E-state index contributed by atoms with van der Waals surface area (Å²) in [7, 11) is 1.99. The summed E-state index contributed by atoms with van der Waals surface area (Å²) >= 11 is 5.87. The SMILES string of the molecule is CCC(C)N(C)c1nc(Cl)nc2nc[nH]c12. The maximum Gasteiger partial charge on any atom is 0.226 e. The molecule has 0 radical (unpaired) electrons. The first-order valence-corrected chi connectivity index (χ1v) is 5.60. The molecule has 0 aliphatic rings. The second-order valence-electron chi connectivity index (χ2n) is 3.79. The third-order valence-corrected chi connectivity index (χ3v) is 2.99. The van der Waals surface area contributed by atoms with Crippen LogP contribution in [0.5, 0.6) is 0 Å². The second-order valence-corrected chi connectivity index (χ2v) is 4.12. The van der Waals surface area contributed by atoms with E-state index in [-0.39, 0.29) is 5.28 Å². The van der Waals surface area contributed by atoms with Crippen molar-refractivity contribution in [3.63, 3.8) is 0 Å². The van der Waals surface area contributed by atoms with Crippen molar-refractivity contribution in [2.45, 2.75) is 26.3 Å². The van der Waals surface area contributed by atoms with Gasteiger partial charge >= 0.3 is 0 Å². The molecule has 86 valence electrons. The minimum absolute atomic E-state index is 0.227. The Morgan fingerprint density at radius 1 is 1.50 bits per heavy atom. The van der Waals surface area contributed by atoms with Gasteiger partial charge in [0.15, 0.2) is 11.5 Å². The van der Waals surface area contributed by atoms with Gasteiger partial charge in [0.2, 0.25) is 5.28 Å². The van der Waals surface area contributed by atoms with Gasteiger partial charge in [0.25, 0.3) is 0 Å². The van der Waals surface area contributed by atoms with Crippen LogP contribution in [-0.4, -0.2) is 33.0 Å². The Kier molecular flexibility index (Phi) is 2.96. The number of halogens is 1. The van der Waals surface area contributed by atoms with Gasteiger partial charge in [-0.2, -0.15) is 9.97 Å². The molecule has 0 aromatic carbocycles. The molecule has 1 atom stereocenters. The van der Waals surface area contributed by atoms with Crippen LogP contribution < -0.4 is 4.90 Å². The van der Waals surface area contributed by atoms with Crippen LogP contribution >= 0.6 is 11.6 Å². The van der Waals surface area contributed by atoms with Gasteiger partial charge in [0.05, 0.1) is 6.33 Å². The number of H-pyrrole nitrogens is 1. The summed E-state index contributed by atoms with van der Waals surface area (Å²) < 4.78 is 0. The van der Waals surface area contributed by atoms with Crippen molar-refractivity contribution in [1.29, 1.82) is 0 Å². The van der Waals surface area contributed by atoms with E-state index in [9.17, 15) is 0 Å². The van der Waals surface area contributed by atoms with Crippen LogP contribution in [0.2, 0.25) is 5.28 Å². The van der Waals surface area contributed by atoms with Crippen LogP contribution in [0.25, 0.3) is 11.2 Å². The fourth-order valence-corrected chi connectivity index (χ4v) is 1.69. The summed E-state index contributed by atoms with van der Waals surface area (Å²) in [6.45, 7) is 4.27. The molecule has 6 heteroatoms. The Bertz CT molecular complexity index is 495. The molecule has 0 bridgehead atoms. The van der Waals surface area contributed by atoms with Gasteiger partial charge in [0.1, 0.15) is 5.52 Å². The molecular formula is C10H14ClN5. The molecule has 5 nitrogen and oxygen atoms in total. The molecule has 0 aliphatic carbocycles. The Morgan fingerprint density at radius 3 is 2.94 bits per heavy atom. The molecule has 0 spiro atoms. The van der Waals surface area contributed by atoms with Crippen LogP contribution in [0.15, 0.2) is 6.33 Å². The maximum absolute atomic E-state index is 5.87. The summed E-state index contributed by atoms with van der Waals surface area (Å²) in [4.78, 5) is 17.5. The van der Waals surface area contributed by atoms with Crippen LogP contribution in [-0.2, 0) is 0 Å². The molecule has 1 N–H and O–H groups in total. The topological polar surface area (TPSA) is 57.7 Å². The average Bonchev–Trinajstić information content (AvgIpc) is 2.73. The Labute approximate surface area is 98.9 Å². The van der Waals surface area contributed by atoms with Crippen LogP contribution in [0.1, 0.15) is 20.3 Å². The molecule has 0 aliphatic heterocycles. The molecule has 0 saturated carbocycles. The van der Waals surface area contributed by atoms with E-state index in [0.717, 1.165) is 17.8 Å². The first-order chi connectivity index (χ1) is 7.63. The van der Waals surface area contributed by atoms with Crippen molar-refractivity contribution in [3.8, 4) is 0 Å². The predicted octanol–water partition coefficient (Wildman–Crippen LogP) is 2.24. The quantitative estimate of drug-likeness (QED) is 0.835.